The van der Waals surface area contributed by atoms with Crippen LogP contribution in [0.5, 0.6) is 0 Å². The Morgan fingerprint density at radius 3 is 1.13 bits per heavy atom. The molecule has 1 spiro atoms. The molecule has 0 aliphatic heterocycles. The van der Waals surface area contributed by atoms with Crippen molar-refractivity contribution in [2.24, 2.45) is 17.3 Å². The third kappa shape index (κ3) is 17.3. The largest absolute Gasteiger partial charge is 0.0622 e. The molecule has 5 aliphatic carbocycles. The van der Waals surface area contributed by atoms with Crippen molar-refractivity contribution in [1.82, 2.24) is 0 Å². The van der Waals surface area contributed by atoms with Crippen LogP contribution in [-0.4, -0.2) is 4.26 Å². The SMILES string of the molecule is F[P-](F)(F)(F)(F)F.[CH]1[CH][C]2C=CC=C[C]2[CH]1.[Ru+]=[C]=C=C1[C@H]2CCC[C@@H]1C=CC21CCCCC1.c1ccc(P(c2ccccc2)c2ccccc2)cc1.c1ccc(P(c2ccccc2)c2ccccc2)cc1. The number of hydrogen-bond acceptors (Lipinski definition) is 0. The first-order chi connectivity index (χ1) is 34.2. The third-order valence-corrected chi connectivity index (χ3v) is 17.8. The Kier molecular flexibility index (Phi) is 19.0. The maximum absolute atomic E-state index is 10.7. The van der Waals surface area contributed by atoms with Crippen molar-refractivity contribution in [2.75, 3.05) is 0 Å². The molecule has 71 heavy (non-hydrogen) atoms. The summed E-state index contributed by atoms with van der Waals surface area (Å²) in [6.07, 6.45) is 31.0. The maximum atomic E-state index is 9.87. The number of fused-ring (bicyclic) bond motifs is 4. The Bertz CT molecular complexity index is 2400. The number of allylic oxidation sites excluding steroid dienone is 7. The van der Waals surface area contributed by atoms with Gasteiger partial charge in [0.15, 0.2) is 0 Å². The molecule has 0 amide bonds. The van der Waals surface area contributed by atoms with Gasteiger partial charge in [0.25, 0.3) is 0 Å². The van der Waals surface area contributed by atoms with Crippen LogP contribution in [0.15, 0.2) is 230 Å². The van der Waals surface area contributed by atoms with Crippen LogP contribution in [-0.2, 0) is 17.9 Å². The summed E-state index contributed by atoms with van der Waals surface area (Å²) in [6, 6.07) is 64.7. The van der Waals surface area contributed by atoms with Gasteiger partial charge in [0, 0.05) is 11.8 Å². The predicted octanol–water partition coefficient (Wildman–Crippen LogP) is 16.1. The minimum Gasteiger partial charge on any atom is -0.0622 e. The second-order valence-corrected chi connectivity index (χ2v) is 24.5. The summed E-state index contributed by atoms with van der Waals surface area (Å²) < 4.78 is 62.3. The van der Waals surface area contributed by atoms with Gasteiger partial charge in [-0.2, -0.15) is 0 Å². The zero-order valence-electron chi connectivity index (χ0n) is 39.3. The number of halogens is 6. The monoisotopic (exact) mass is 1100 g/mol. The second-order valence-electron chi connectivity index (χ2n) is 17.7. The van der Waals surface area contributed by atoms with E-state index in [2.05, 4.69) is 266 Å². The third-order valence-electron chi connectivity index (χ3n) is 12.7. The van der Waals surface area contributed by atoms with Crippen molar-refractivity contribution in [2.45, 2.75) is 51.4 Å². The molecule has 0 nitrogen and oxygen atoms in total. The summed E-state index contributed by atoms with van der Waals surface area (Å²) in [5, 5.41) is 8.39. The molecule has 3 saturated carbocycles. The molecule has 0 heterocycles. The van der Waals surface area contributed by atoms with Gasteiger partial charge in [0.05, 0.1) is 0 Å². The first-order valence-corrected chi connectivity index (χ1v) is 29.5. The van der Waals surface area contributed by atoms with E-state index in [4.69, 9.17) is 0 Å². The van der Waals surface area contributed by atoms with E-state index >= 15 is 0 Å². The van der Waals surface area contributed by atoms with Crippen LogP contribution in [0, 0.1) is 48.3 Å². The van der Waals surface area contributed by atoms with Crippen LogP contribution in [0.25, 0.3) is 0 Å². The van der Waals surface area contributed by atoms with Crippen LogP contribution >= 0.6 is 23.7 Å². The van der Waals surface area contributed by atoms with E-state index in [-0.39, 0.29) is 0 Å². The van der Waals surface area contributed by atoms with Gasteiger partial charge in [-0.15, -0.1) is 0 Å². The van der Waals surface area contributed by atoms with E-state index in [1.165, 1.54) is 95.0 Å². The Labute approximate surface area is 429 Å². The van der Waals surface area contributed by atoms with E-state index < -0.39 is 23.7 Å². The van der Waals surface area contributed by atoms with Gasteiger partial charge in [-0.3, -0.25) is 0 Å². The predicted molar refractivity (Wildman–Crippen MR) is 289 cm³/mol. The smallest absolute Gasteiger partial charge is 0.0134 e. The molecule has 5 radical (unpaired) electrons. The molecule has 11 rings (SSSR count). The Morgan fingerprint density at radius 1 is 0.465 bits per heavy atom. The van der Waals surface area contributed by atoms with Crippen molar-refractivity contribution in [1.29, 1.82) is 0 Å². The van der Waals surface area contributed by atoms with Crippen LogP contribution in [0.3, 0.4) is 0 Å². The van der Waals surface area contributed by atoms with Crippen LogP contribution in [0.2, 0.25) is 0 Å². The molecule has 6 aromatic carbocycles. The van der Waals surface area contributed by atoms with Crippen molar-refractivity contribution >= 4 is 59.7 Å². The van der Waals surface area contributed by atoms with Crippen molar-refractivity contribution in [3.8, 4) is 0 Å². The Hall–Kier alpha value is -4.54. The second kappa shape index (κ2) is 24.9. The molecule has 0 aromatic heterocycles. The average molecular weight is 1100 g/mol. The fourth-order valence-electron chi connectivity index (χ4n) is 9.72. The molecule has 0 unspecified atom stereocenters. The molecule has 2 atom stereocenters. The van der Waals surface area contributed by atoms with Gasteiger partial charge >= 0.3 is 147 Å². The molecule has 3 fully saturated rings. The van der Waals surface area contributed by atoms with E-state index in [1.807, 2.05) is 0 Å². The fraction of sp³-hybridized carbons (Fsp3) is 0.180. The first kappa shape index (κ1) is 54.2. The Morgan fingerprint density at radius 2 is 0.803 bits per heavy atom. The van der Waals surface area contributed by atoms with E-state index in [1.54, 1.807) is 5.57 Å². The van der Waals surface area contributed by atoms with Crippen LogP contribution in [0.1, 0.15) is 51.4 Å². The van der Waals surface area contributed by atoms with E-state index in [0.29, 0.717) is 11.3 Å². The first-order valence-electron chi connectivity index (χ1n) is 23.9. The van der Waals surface area contributed by atoms with Gasteiger partial charge in [0.1, 0.15) is 0 Å². The standard InChI is InChI=1S/2C18H15P.C16H20.C9H7.F6P.Ru/c2*1-4-10-16(11-5-1)19(17-12-6-2-7-13-17)18-14-8-3-9-15-18;1-2-14-13-7-6-8-15(14)16(12-9-13)10-4-3-5-11-16;1-2-5-9-7-3-6-8(9)4-1;1-7(2,3,4,5)6;/h2*1-15H;9,12-13,15H,3-8,10-11H2;1-7H;;/q;;;;-1;+1/t;;13-,15-;;;/m..1.../s1. The minimum atomic E-state index is -10.7. The molecule has 0 saturated heterocycles. The summed E-state index contributed by atoms with van der Waals surface area (Å²) in [5.41, 5.74) is 5.51. The molecule has 0 N–H and O–H groups in total. The summed E-state index contributed by atoms with van der Waals surface area (Å²) in [4.78, 5) is 0. The zero-order chi connectivity index (χ0) is 50.1. The van der Waals surface area contributed by atoms with Crippen molar-refractivity contribution in [3.63, 3.8) is 0 Å². The fourth-order valence-corrected chi connectivity index (χ4v) is 14.6. The number of rotatable bonds is 6. The summed E-state index contributed by atoms with van der Waals surface area (Å²) in [7, 11) is -11.5. The molecular weight excluding hydrogens is 1040 g/mol. The van der Waals surface area contributed by atoms with Gasteiger partial charge in [0.2, 0.25) is 0 Å². The molecule has 2 bridgehead atoms. The maximum Gasteiger partial charge on any atom is -0.0134 e. The van der Waals surface area contributed by atoms with E-state index in [0.717, 1.165) is 5.92 Å². The quantitative estimate of drug-likeness (QED) is 0.0513. The van der Waals surface area contributed by atoms with Gasteiger partial charge in [-0.25, -0.2) is 0 Å². The van der Waals surface area contributed by atoms with E-state index in [9.17, 15) is 25.2 Å². The summed E-state index contributed by atoms with van der Waals surface area (Å²) in [5.74, 6) is 4.12. The number of hydrogen-bond donors (Lipinski definition) is 0. The van der Waals surface area contributed by atoms with Crippen LogP contribution in [0.4, 0.5) is 25.2 Å². The van der Waals surface area contributed by atoms with Gasteiger partial charge < -0.3 is 0 Å². The molecule has 5 aliphatic rings. The van der Waals surface area contributed by atoms with Gasteiger partial charge in [-0.1, -0.05) is 206 Å². The minimum absolute atomic E-state index is 0.446. The zero-order valence-corrected chi connectivity index (χ0v) is 43.7. The van der Waals surface area contributed by atoms with Gasteiger partial charge in [-0.05, 0) is 66.9 Å². The summed E-state index contributed by atoms with van der Waals surface area (Å²) >= 11 is 2.48. The topological polar surface area (TPSA) is 0 Å². The Balaban J connectivity index is 0.000000136. The summed E-state index contributed by atoms with van der Waals surface area (Å²) in [6.45, 7) is 0. The molecule has 366 valence electrons. The average Bonchev–Trinajstić information content (AvgIpc) is 3.87. The van der Waals surface area contributed by atoms with Crippen molar-refractivity contribution in [3.05, 3.63) is 261 Å². The van der Waals surface area contributed by atoms with Crippen LogP contribution < -0.4 is 31.8 Å². The molecular formula is C61H57F6P3Ru. The molecule has 6 aromatic rings. The number of benzene rings is 6. The van der Waals surface area contributed by atoms with Crippen molar-refractivity contribution < 1.29 is 43.0 Å². The normalized spacial score (nSPS) is 19.6. The molecule has 10 heteroatoms.